The summed E-state index contributed by atoms with van der Waals surface area (Å²) in [5, 5.41) is 0. The molecule has 0 saturated heterocycles. The third-order valence-electron chi connectivity index (χ3n) is 3.94. The van der Waals surface area contributed by atoms with E-state index in [2.05, 4.69) is 60.9 Å². The largest absolute Gasteiger partial charge is 1.00 e. The minimum absolute atomic E-state index is 0. The molecule has 0 aromatic carbocycles. The number of rotatable bonds is 12. The van der Waals surface area contributed by atoms with Crippen molar-refractivity contribution in [2.24, 2.45) is 0 Å². The summed E-state index contributed by atoms with van der Waals surface area (Å²) < 4.78 is 38.9. The van der Waals surface area contributed by atoms with E-state index in [4.69, 9.17) is 23.3 Å². The Morgan fingerprint density at radius 3 is 0.690 bits per heavy atom. The molecule has 0 heterocycles. The zero-order valence-corrected chi connectivity index (χ0v) is 21.0. The number of quaternary nitrogens is 1. The van der Waals surface area contributed by atoms with Crippen molar-refractivity contribution in [2.45, 2.75) is 79.1 Å². The van der Waals surface area contributed by atoms with Gasteiger partial charge in [0.25, 0.3) is 0 Å². The van der Waals surface area contributed by atoms with Crippen LogP contribution < -0.4 is 12.4 Å². The topological polar surface area (TPSA) is 99.5 Å². The molecule has 8 heteroatoms. The van der Waals surface area contributed by atoms with E-state index in [9.17, 15) is 0 Å². The van der Waals surface area contributed by atoms with Crippen LogP contribution in [0, 0.1) is 33.3 Å². The molecule has 0 aromatic heterocycles. The van der Waals surface area contributed by atoms with Crippen LogP contribution in [0.2, 0.25) is 0 Å². The van der Waals surface area contributed by atoms with E-state index in [0.29, 0.717) is 0 Å². The second kappa shape index (κ2) is 63.0. The fourth-order valence-electron chi connectivity index (χ4n) is 2.64. The van der Waals surface area contributed by atoms with E-state index in [1.807, 2.05) is 0 Å². The molecule has 0 N–H and O–H groups in total. The molecule has 0 saturated carbocycles. The van der Waals surface area contributed by atoms with Gasteiger partial charge in [0.05, 0.1) is 26.2 Å². The quantitative estimate of drug-likeness (QED) is 0.165. The summed E-state index contributed by atoms with van der Waals surface area (Å²) in [5.74, 6) is 0. The normalized spacial score (nSPS) is 7.38. The first-order valence-corrected chi connectivity index (χ1v) is 9.11. The molecule has 0 aliphatic rings. The first-order chi connectivity index (χ1) is 13.2. The van der Waals surface area contributed by atoms with Gasteiger partial charge in [-0.25, -0.2) is 0 Å². The summed E-state index contributed by atoms with van der Waals surface area (Å²) >= 11 is 0. The van der Waals surface area contributed by atoms with Crippen molar-refractivity contribution >= 4 is 0 Å². The Labute approximate surface area is 199 Å². The van der Waals surface area contributed by atoms with Crippen molar-refractivity contribution in [1.82, 2.24) is 0 Å². The molecule has 0 aliphatic carbocycles. The van der Waals surface area contributed by atoms with Gasteiger partial charge >= 0.3 is 56.5 Å². The average molecular weight is 514 g/mol. The second-order valence-electron chi connectivity index (χ2n) is 5.65. The fraction of sp³-hybridized carbons (Fsp3) is 0.762. The van der Waals surface area contributed by atoms with Gasteiger partial charge in [0.15, 0.2) is 0 Å². The Hall–Kier alpha value is -0.362. The van der Waals surface area contributed by atoms with Crippen LogP contribution in [0.1, 0.15) is 79.1 Å². The zero-order chi connectivity index (χ0) is 23.0. The number of hydrogen-bond donors (Lipinski definition) is 0. The summed E-state index contributed by atoms with van der Waals surface area (Å²) in [6, 6.07) is 0. The molecule has 0 aromatic rings. The fourth-order valence-corrected chi connectivity index (χ4v) is 2.64. The molecule has 0 spiro atoms. The van der Waals surface area contributed by atoms with Gasteiger partial charge < -0.3 is 16.9 Å². The van der Waals surface area contributed by atoms with Gasteiger partial charge in [0.2, 0.25) is 0 Å². The van der Waals surface area contributed by atoms with Crippen LogP contribution in [-0.4, -0.2) is 30.7 Å². The van der Waals surface area contributed by atoms with Crippen LogP contribution in [0.15, 0.2) is 0 Å². The van der Waals surface area contributed by atoms with E-state index in [-0.39, 0.29) is 33.5 Å². The van der Waals surface area contributed by atoms with Gasteiger partial charge in [0.1, 0.15) is 0 Å². The second-order valence-corrected chi connectivity index (χ2v) is 5.65. The maximum absolute atomic E-state index is 7.50. The molecule has 168 valence electrons. The van der Waals surface area contributed by atoms with Crippen molar-refractivity contribution < 1.29 is 61.2 Å². The number of nitrogens with zero attached hydrogens (tertiary/aromatic N) is 1. The summed E-state index contributed by atoms with van der Waals surface area (Å²) in [5.41, 5.74) is 0. The minimum atomic E-state index is 0. The Kier molecular flexibility index (Phi) is 112. The van der Waals surface area contributed by atoms with Gasteiger partial charge in [-0.2, -0.15) is 0 Å². The molecule has 0 atom stereocenters. The molecular formula is C21H36ClMoNO5. The van der Waals surface area contributed by atoms with E-state index < -0.39 is 0 Å². The van der Waals surface area contributed by atoms with Crippen molar-refractivity contribution in [1.29, 1.82) is 0 Å². The van der Waals surface area contributed by atoms with Crippen LogP contribution in [-0.2, 0) is 44.3 Å². The van der Waals surface area contributed by atoms with Gasteiger partial charge in [-0.05, 0) is 25.7 Å². The van der Waals surface area contributed by atoms with Crippen molar-refractivity contribution in [3.05, 3.63) is 33.3 Å². The maximum Gasteiger partial charge on any atom is 0 e. The van der Waals surface area contributed by atoms with Gasteiger partial charge in [-0.1, -0.05) is 53.4 Å². The van der Waals surface area contributed by atoms with Crippen LogP contribution in [0.4, 0.5) is 0 Å². The van der Waals surface area contributed by atoms with Gasteiger partial charge in [-0.3, -0.25) is 0 Å². The summed E-state index contributed by atoms with van der Waals surface area (Å²) in [4.78, 5) is 0. The predicted octanol–water partition coefficient (Wildman–Crippen LogP) is 1.82. The summed E-state index contributed by atoms with van der Waals surface area (Å²) in [7, 11) is 0. The third kappa shape index (κ3) is 47.1. The Balaban J connectivity index is -0.0000000531. The Bertz CT molecular complexity index is 272. The monoisotopic (exact) mass is 515 g/mol. The van der Waals surface area contributed by atoms with Gasteiger partial charge in [0, 0.05) is 21.1 Å². The third-order valence-corrected chi connectivity index (χ3v) is 3.94. The molecule has 6 nitrogen and oxygen atoms in total. The first-order valence-electron chi connectivity index (χ1n) is 9.11. The minimum Gasteiger partial charge on any atom is -1.00 e. The first kappa shape index (κ1) is 51.4. The van der Waals surface area contributed by atoms with E-state index >= 15 is 0 Å². The average Bonchev–Trinajstić information content (AvgIpc) is 2.79. The van der Waals surface area contributed by atoms with Crippen molar-refractivity contribution in [2.75, 3.05) is 26.2 Å². The molecule has 0 rings (SSSR count). The molecule has 0 amide bonds. The number of unbranched alkanes of at least 4 members (excludes halogenated alkanes) is 4. The van der Waals surface area contributed by atoms with E-state index in [1.54, 1.807) is 0 Å². The molecule has 0 unspecified atom stereocenters. The summed E-state index contributed by atoms with van der Waals surface area (Å²) in [6.45, 7) is 37.5. The Morgan fingerprint density at radius 1 is 0.448 bits per heavy atom. The molecule has 0 radical (unpaired) electrons. The maximum atomic E-state index is 7.50. The van der Waals surface area contributed by atoms with Crippen molar-refractivity contribution in [3.8, 4) is 0 Å². The van der Waals surface area contributed by atoms with Crippen molar-refractivity contribution in [3.63, 3.8) is 0 Å². The Morgan fingerprint density at radius 2 is 0.586 bits per heavy atom. The predicted molar refractivity (Wildman–Crippen MR) is 99.0 cm³/mol. The van der Waals surface area contributed by atoms with Crippen LogP contribution in [0.3, 0.4) is 0 Å². The van der Waals surface area contributed by atoms with Gasteiger partial charge in [-0.15, -0.1) is 0 Å². The SMILES string of the molecule is CCCC[N+](CCCC)(CCCC)CCCC.[C-]#[O+].[C-]#[O+].[C-]#[O+].[C-]#[O+].[C-]#[O+].[Cl-].[Mo]. The molecule has 0 bridgehead atoms. The molecular weight excluding hydrogens is 478 g/mol. The molecule has 0 aliphatic heterocycles. The van der Waals surface area contributed by atoms with E-state index in [1.165, 1.54) is 82.0 Å². The van der Waals surface area contributed by atoms with Crippen LogP contribution in [0.25, 0.3) is 0 Å². The standard InChI is InChI=1S/C16H36N.5CO.ClH.Mo/c1-5-9-13-17(14-10-6-2,15-11-7-3)16-12-8-4;5*1-2;;/h5-16H2,1-4H3;;;;;;1H;/q+1;;;;;;;/p-1. The number of halogens is 1. The molecule has 0 fully saturated rings. The van der Waals surface area contributed by atoms with E-state index in [0.717, 1.165) is 0 Å². The number of hydrogen-bond acceptors (Lipinski definition) is 0. The molecule has 29 heavy (non-hydrogen) atoms. The van der Waals surface area contributed by atoms with Crippen LogP contribution >= 0.6 is 0 Å². The zero-order valence-electron chi connectivity index (χ0n) is 18.3. The summed E-state index contributed by atoms with van der Waals surface area (Å²) in [6.07, 6.45) is 11.1. The smallest absolute Gasteiger partial charge is 0 e. The van der Waals surface area contributed by atoms with Crippen LogP contribution in [0.5, 0.6) is 0 Å².